The van der Waals surface area contributed by atoms with Crippen LogP contribution >= 0.6 is 11.3 Å². The van der Waals surface area contributed by atoms with Gasteiger partial charge in [-0.25, -0.2) is 4.98 Å². The minimum absolute atomic E-state index is 0.143. The molecule has 4 heteroatoms. The lowest BCUT2D eigenvalue weighted by Gasteiger charge is -2.31. The highest BCUT2D eigenvalue weighted by Crippen LogP contribution is 2.31. The van der Waals surface area contributed by atoms with Crippen LogP contribution in [0.3, 0.4) is 0 Å². The maximum Gasteiger partial charge on any atom is 0.0982 e. The molecular formula is C16H21N3S. The van der Waals surface area contributed by atoms with E-state index in [1.807, 2.05) is 0 Å². The third-order valence-corrected chi connectivity index (χ3v) is 4.80. The third-order valence-electron chi connectivity index (χ3n) is 3.49. The Labute approximate surface area is 124 Å². The monoisotopic (exact) mass is 287 g/mol. The molecule has 2 heterocycles. The van der Waals surface area contributed by atoms with Gasteiger partial charge < -0.3 is 10.2 Å². The van der Waals surface area contributed by atoms with E-state index in [1.165, 1.54) is 22.1 Å². The summed E-state index contributed by atoms with van der Waals surface area (Å²) in [4.78, 5) is 7.22. The van der Waals surface area contributed by atoms with Crippen molar-refractivity contribution in [2.75, 3.05) is 23.3 Å². The number of aromatic nitrogens is 1. The van der Waals surface area contributed by atoms with Crippen LogP contribution in [0.1, 0.15) is 31.5 Å². The molecule has 0 saturated carbocycles. The van der Waals surface area contributed by atoms with Crippen molar-refractivity contribution in [1.82, 2.24) is 4.98 Å². The van der Waals surface area contributed by atoms with Crippen molar-refractivity contribution in [2.24, 2.45) is 0 Å². The van der Waals surface area contributed by atoms with Gasteiger partial charge in [0, 0.05) is 23.9 Å². The first-order valence-corrected chi connectivity index (χ1v) is 7.95. The Kier molecular flexibility index (Phi) is 3.42. The minimum atomic E-state index is 0.143. The highest BCUT2D eigenvalue weighted by molar-refractivity contribution is 7.09. The third kappa shape index (κ3) is 2.66. The summed E-state index contributed by atoms with van der Waals surface area (Å²) in [5.41, 5.74) is 3.83. The first-order chi connectivity index (χ1) is 9.54. The van der Waals surface area contributed by atoms with E-state index < -0.39 is 0 Å². The average Bonchev–Trinajstić information content (AvgIpc) is 2.88. The summed E-state index contributed by atoms with van der Waals surface area (Å²) < 4.78 is 0. The van der Waals surface area contributed by atoms with Crippen LogP contribution in [0, 0.1) is 0 Å². The van der Waals surface area contributed by atoms with Crippen molar-refractivity contribution in [3.63, 3.8) is 0 Å². The normalized spacial score (nSPS) is 14.8. The van der Waals surface area contributed by atoms with Gasteiger partial charge in [-0.3, -0.25) is 0 Å². The largest absolute Gasteiger partial charge is 0.382 e. The van der Waals surface area contributed by atoms with E-state index in [2.05, 4.69) is 60.6 Å². The molecule has 0 spiro atoms. The van der Waals surface area contributed by atoms with Crippen molar-refractivity contribution < 1.29 is 0 Å². The molecule has 0 bridgehead atoms. The molecule has 1 aliphatic heterocycles. The number of thiazole rings is 1. The molecule has 0 saturated heterocycles. The van der Waals surface area contributed by atoms with Crippen LogP contribution in [-0.4, -0.2) is 18.1 Å². The number of nitrogens with zero attached hydrogens (tertiary/aromatic N) is 2. The zero-order valence-electron chi connectivity index (χ0n) is 12.3. The van der Waals surface area contributed by atoms with Crippen molar-refractivity contribution in [3.05, 3.63) is 40.3 Å². The average molecular weight is 287 g/mol. The van der Waals surface area contributed by atoms with Crippen molar-refractivity contribution in [1.29, 1.82) is 0 Å². The van der Waals surface area contributed by atoms with E-state index in [0.29, 0.717) is 0 Å². The van der Waals surface area contributed by atoms with Crippen LogP contribution in [0.2, 0.25) is 0 Å². The van der Waals surface area contributed by atoms with E-state index in [9.17, 15) is 0 Å². The molecule has 0 aliphatic carbocycles. The van der Waals surface area contributed by atoms with Gasteiger partial charge in [0.2, 0.25) is 0 Å². The fourth-order valence-corrected chi connectivity index (χ4v) is 3.33. The molecule has 20 heavy (non-hydrogen) atoms. The molecule has 106 valence electrons. The molecule has 2 aromatic rings. The molecule has 0 radical (unpaired) electrons. The molecule has 1 aliphatic rings. The summed E-state index contributed by atoms with van der Waals surface area (Å²) in [6.45, 7) is 9.57. The predicted octanol–water partition coefficient (Wildman–Crippen LogP) is 3.87. The summed E-state index contributed by atoms with van der Waals surface area (Å²) in [5.74, 6) is 0. The molecule has 3 rings (SSSR count). The van der Waals surface area contributed by atoms with E-state index in [1.54, 1.807) is 11.3 Å². The fraction of sp³-hybridized carbons (Fsp3) is 0.438. The zero-order chi connectivity index (χ0) is 14.2. The molecular weight excluding hydrogens is 266 g/mol. The van der Waals surface area contributed by atoms with Crippen LogP contribution in [-0.2, 0) is 12.0 Å². The molecule has 0 unspecified atom stereocenters. The first-order valence-electron chi connectivity index (χ1n) is 7.07. The first kappa shape index (κ1) is 13.4. The maximum atomic E-state index is 4.80. The number of rotatable bonds is 2. The van der Waals surface area contributed by atoms with Gasteiger partial charge in [-0.15, -0.1) is 11.3 Å². The number of para-hydroxylation sites is 2. The van der Waals surface area contributed by atoms with Gasteiger partial charge in [0.25, 0.3) is 0 Å². The highest BCUT2D eigenvalue weighted by Gasteiger charge is 2.20. The Morgan fingerprint density at radius 3 is 2.85 bits per heavy atom. The summed E-state index contributed by atoms with van der Waals surface area (Å²) in [7, 11) is 0. The van der Waals surface area contributed by atoms with E-state index >= 15 is 0 Å². The van der Waals surface area contributed by atoms with Crippen molar-refractivity contribution in [2.45, 2.75) is 32.7 Å². The number of nitrogens with one attached hydrogen (secondary N) is 1. The van der Waals surface area contributed by atoms with Gasteiger partial charge in [-0.1, -0.05) is 32.9 Å². The zero-order valence-corrected chi connectivity index (χ0v) is 13.1. The number of anilines is 2. The van der Waals surface area contributed by atoms with Gasteiger partial charge in [-0.05, 0) is 12.1 Å². The lowest BCUT2D eigenvalue weighted by molar-refractivity contribution is 0.582. The number of hydrogen-bond donors (Lipinski definition) is 1. The SMILES string of the molecule is CC(C)(C)c1nc(CN2CCNc3ccccc32)cs1. The standard InChI is InChI=1S/C16H21N3S/c1-16(2,3)15-18-12(11-20-15)10-19-9-8-17-13-6-4-5-7-14(13)19/h4-7,11,17H,8-10H2,1-3H3. The Balaban J connectivity index is 1.81. The second-order valence-corrected chi connectivity index (χ2v) is 7.12. The second kappa shape index (κ2) is 5.09. The Morgan fingerprint density at radius 1 is 1.30 bits per heavy atom. The topological polar surface area (TPSA) is 28.2 Å². The second-order valence-electron chi connectivity index (χ2n) is 6.26. The number of fused-ring (bicyclic) bond motifs is 1. The fourth-order valence-electron chi connectivity index (χ4n) is 2.43. The van der Waals surface area contributed by atoms with Crippen LogP contribution < -0.4 is 10.2 Å². The number of hydrogen-bond acceptors (Lipinski definition) is 4. The Bertz CT molecular complexity index is 598. The molecule has 0 amide bonds. The molecule has 3 nitrogen and oxygen atoms in total. The van der Waals surface area contributed by atoms with Gasteiger partial charge in [0.05, 0.1) is 28.6 Å². The van der Waals surface area contributed by atoms with Gasteiger partial charge in [-0.2, -0.15) is 0 Å². The predicted molar refractivity (Wildman–Crippen MR) is 86.8 cm³/mol. The Morgan fingerprint density at radius 2 is 2.10 bits per heavy atom. The maximum absolute atomic E-state index is 4.80. The van der Waals surface area contributed by atoms with E-state index in [0.717, 1.165) is 19.6 Å². The van der Waals surface area contributed by atoms with Gasteiger partial charge in [0.1, 0.15) is 0 Å². The quantitative estimate of drug-likeness (QED) is 0.908. The van der Waals surface area contributed by atoms with E-state index in [4.69, 9.17) is 4.98 Å². The van der Waals surface area contributed by atoms with Crippen LogP contribution in [0.15, 0.2) is 29.6 Å². The highest BCUT2D eigenvalue weighted by atomic mass is 32.1. The van der Waals surface area contributed by atoms with Gasteiger partial charge in [0.15, 0.2) is 0 Å². The molecule has 0 fully saturated rings. The van der Waals surface area contributed by atoms with Crippen LogP contribution in [0.5, 0.6) is 0 Å². The van der Waals surface area contributed by atoms with Crippen LogP contribution in [0.25, 0.3) is 0 Å². The molecule has 1 aromatic heterocycles. The van der Waals surface area contributed by atoms with Crippen molar-refractivity contribution in [3.8, 4) is 0 Å². The summed E-state index contributed by atoms with van der Waals surface area (Å²) in [5, 5.41) is 6.87. The smallest absolute Gasteiger partial charge is 0.0982 e. The molecule has 1 N–H and O–H groups in total. The summed E-state index contributed by atoms with van der Waals surface area (Å²) in [6.07, 6.45) is 0. The van der Waals surface area contributed by atoms with Crippen LogP contribution in [0.4, 0.5) is 11.4 Å². The van der Waals surface area contributed by atoms with E-state index in [-0.39, 0.29) is 5.41 Å². The summed E-state index contributed by atoms with van der Waals surface area (Å²) >= 11 is 1.77. The lowest BCUT2D eigenvalue weighted by Crippen LogP contribution is -2.33. The van der Waals surface area contributed by atoms with Gasteiger partial charge >= 0.3 is 0 Å². The lowest BCUT2D eigenvalue weighted by atomic mass is 9.98. The molecule has 0 atom stereocenters. The van der Waals surface area contributed by atoms with Crippen molar-refractivity contribution >= 4 is 22.7 Å². The Hall–Kier alpha value is -1.55. The summed E-state index contributed by atoms with van der Waals surface area (Å²) in [6, 6.07) is 8.50. The number of benzene rings is 1. The molecule has 1 aromatic carbocycles. The minimum Gasteiger partial charge on any atom is -0.382 e.